The first kappa shape index (κ1) is 18.0. The Kier molecular flexibility index (Phi) is 5.27. The summed E-state index contributed by atoms with van der Waals surface area (Å²) < 4.78 is 0. The van der Waals surface area contributed by atoms with Crippen LogP contribution in [0.15, 0.2) is 35.7 Å². The zero-order chi connectivity index (χ0) is 18.7. The average Bonchev–Trinajstić information content (AvgIpc) is 3.07. The van der Waals surface area contributed by atoms with E-state index in [4.69, 9.17) is 0 Å². The lowest BCUT2D eigenvalue weighted by Crippen LogP contribution is -2.26. The van der Waals surface area contributed by atoms with E-state index in [0.717, 1.165) is 27.7 Å². The normalized spacial score (nSPS) is 11.8. The first-order valence-corrected chi connectivity index (χ1v) is 9.21. The van der Waals surface area contributed by atoms with Gasteiger partial charge in [-0.2, -0.15) is 0 Å². The molecule has 0 saturated heterocycles. The molecular formula is C19H21N5OS. The summed E-state index contributed by atoms with van der Waals surface area (Å²) in [5, 5.41) is 8.91. The van der Waals surface area contributed by atoms with E-state index in [2.05, 4.69) is 25.6 Å². The molecule has 2 aromatic heterocycles. The molecule has 7 heteroatoms. The topological polar surface area (TPSA) is 79.8 Å². The van der Waals surface area contributed by atoms with Gasteiger partial charge >= 0.3 is 0 Å². The van der Waals surface area contributed by atoms with Gasteiger partial charge in [0.05, 0.1) is 22.4 Å². The molecule has 26 heavy (non-hydrogen) atoms. The van der Waals surface area contributed by atoms with E-state index in [-0.39, 0.29) is 11.9 Å². The Hall–Kier alpha value is -2.80. The average molecular weight is 367 g/mol. The standard InChI is InChI=1S/C19H21N5OS/c1-11-8-16(24-19(20-4)21-11)14-6-5-7-15(9-14)18(25)22-12(2)17-10-26-13(3)23-17/h5-10,12H,1-4H3,(H,22,25)(H,20,21,24). The van der Waals surface area contributed by atoms with Crippen molar-refractivity contribution >= 4 is 23.2 Å². The third kappa shape index (κ3) is 4.05. The van der Waals surface area contributed by atoms with Crippen molar-refractivity contribution in [1.29, 1.82) is 0 Å². The molecule has 0 aliphatic heterocycles. The highest BCUT2D eigenvalue weighted by atomic mass is 32.1. The Morgan fingerprint density at radius 3 is 2.65 bits per heavy atom. The number of hydrogen-bond acceptors (Lipinski definition) is 6. The van der Waals surface area contributed by atoms with E-state index in [1.807, 2.05) is 50.4 Å². The van der Waals surface area contributed by atoms with Gasteiger partial charge < -0.3 is 10.6 Å². The van der Waals surface area contributed by atoms with Crippen LogP contribution in [0.5, 0.6) is 0 Å². The molecule has 0 saturated carbocycles. The molecule has 1 atom stereocenters. The van der Waals surface area contributed by atoms with Crippen LogP contribution in [0.3, 0.4) is 0 Å². The molecular weight excluding hydrogens is 346 g/mol. The number of nitrogens with zero attached hydrogens (tertiary/aromatic N) is 3. The van der Waals surface area contributed by atoms with Crippen molar-refractivity contribution < 1.29 is 4.79 Å². The fraction of sp³-hybridized carbons (Fsp3) is 0.263. The van der Waals surface area contributed by atoms with Crippen molar-refractivity contribution in [3.05, 3.63) is 57.7 Å². The van der Waals surface area contributed by atoms with Crippen LogP contribution in [-0.4, -0.2) is 27.9 Å². The number of amides is 1. The fourth-order valence-corrected chi connectivity index (χ4v) is 3.29. The smallest absolute Gasteiger partial charge is 0.251 e. The number of carbonyl (C=O) groups excluding carboxylic acids is 1. The summed E-state index contributed by atoms with van der Waals surface area (Å²) in [4.78, 5) is 25.8. The van der Waals surface area contributed by atoms with Crippen molar-refractivity contribution in [1.82, 2.24) is 20.3 Å². The van der Waals surface area contributed by atoms with Crippen molar-refractivity contribution in [3.63, 3.8) is 0 Å². The molecule has 0 spiro atoms. The number of hydrogen-bond donors (Lipinski definition) is 2. The first-order chi connectivity index (χ1) is 12.5. The Morgan fingerprint density at radius 2 is 1.96 bits per heavy atom. The van der Waals surface area contributed by atoms with E-state index < -0.39 is 0 Å². The Labute approximate surface area is 156 Å². The summed E-state index contributed by atoms with van der Waals surface area (Å²) in [6.45, 7) is 5.80. The molecule has 2 heterocycles. The molecule has 1 amide bonds. The molecule has 0 aliphatic rings. The number of aryl methyl sites for hydroxylation is 2. The lowest BCUT2D eigenvalue weighted by atomic mass is 10.1. The second kappa shape index (κ2) is 7.61. The molecule has 1 aromatic carbocycles. The summed E-state index contributed by atoms with van der Waals surface area (Å²) in [5.74, 6) is 0.423. The van der Waals surface area contributed by atoms with Gasteiger partial charge in [0, 0.05) is 29.2 Å². The predicted molar refractivity (Wildman–Crippen MR) is 104 cm³/mol. The van der Waals surface area contributed by atoms with Crippen molar-refractivity contribution in [3.8, 4) is 11.3 Å². The molecule has 6 nitrogen and oxygen atoms in total. The molecule has 0 radical (unpaired) electrons. The monoisotopic (exact) mass is 367 g/mol. The molecule has 0 bridgehead atoms. The van der Waals surface area contributed by atoms with Gasteiger partial charge in [-0.25, -0.2) is 15.0 Å². The van der Waals surface area contributed by atoms with Crippen molar-refractivity contribution in [2.75, 3.05) is 12.4 Å². The zero-order valence-electron chi connectivity index (χ0n) is 15.2. The Balaban J connectivity index is 1.82. The molecule has 3 aromatic rings. The maximum absolute atomic E-state index is 12.6. The van der Waals surface area contributed by atoms with Gasteiger partial charge in [-0.3, -0.25) is 4.79 Å². The maximum atomic E-state index is 12.6. The highest BCUT2D eigenvalue weighted by molar-refractivity contribution is 7.09. The molecule has 0 aliphatic carbocycles. The third-order valence-corrected chi connectivity index (χ3v) is 4.72. The highest BCUT2D eigenvalue weighted by Crippen LogP contribution is 2.21. The van der Waals surface area contributed by atoms with Gasteiger partial charge in [0.15, 0.2) is 0 Å². The Morgan fingerprint density at radius 1 is 1.15 bits per heavy atom. The zero-order valence-corrected chi connectivity index (χ0v) is 16.0. The van der Waals surface area contributed by atoms with Gasteiger partial charge in [-0.05, 0) is 39.0 Å². The van der Waals surface area contributed by atoms with Gasteiger partial charge in [0.1, 0.15) is 0 Å². The van der Waals surface area contributed by atoms with Crippen LogP contribution < -0.4 is 10.6 Å². The third-order valence-electron chi connectivity index (χ3n) is 3.93. The van der Waals surface area contributed by atoms with Crippen molar-refractivity contribution in [2.24, 2.45) is 0 Å². The van der Waals surface area contributed by atoms with Crippen LogP contribution in [0, 0.1) is 13.8 Å². The Bertz CT molecular complexity index is 937. The summed E-state index contributed by atoms with van der Waals surface area (Å²) in [6.07, 6.45) is 0. The van der Waals surface area contributed by atoms with E-state index >= 15 is 0 Å². The summed E-state index contributed by atoms with van der Waals surface area (Å²) in [7, 11) is 1.78. The summed E-state index contributed by atoms with van der Waals surface area (Å²) in [5.41, 5.74) is 3.98. The summed E-state index contributed by atoms with van der Waals surface area (Å²) in [6, 6.07) is 9.19. The predicted octanol–water partition coefficient (Wildman–Crippen LogP) is 3.75. The van der Waals surface area contributed by atoms with E-state index in [1.165, 1.54) is 0 Å². The minimum atomic E-state index is -0.145. The van der Waals surface area contributed by atoms with Crippen LogP contribution in [0.2, 0.25) is 0 Å². The van der Waals surface area contributed by atoms with Crippen LogP contribution in [0.1, 0.15) is 39.7 Å². The number of nitrogens with one attached hydrogen (secondary N) is 2. The quantitative estimate of drug-likeness (QED) is 0.718. The van der Waals surface area contributed by atoms with Crippen LogP contribution in [-0.2, 0) is 0 Å². The second-order valence-electron chi connectivity index (χ2n) is 6.04. The van der Waals surface area contributed by atoms with Crippen molar-refractivity contribution in [2.45, 2.75) is 26.8 Å². The van der Waals surface area contributed by atoms with E-state index in [0.29, 0.717) is 11.5 Å². The number of thiazole rings is 1. The van der Waals surface area contributed by atoms with Gasteiger partial charge in [-0.1, -0.05) is 12.1 Å². The van der Waals surface area contributed by atoms with E-state index in [9.17, 15) is 4.79 Å². The van der Waals surface area contributed by atoms with E-state index in [1.54, 1.807) is 24.5 Å². The lowest BCUT2D eigenvalue weighted by Gasteiger charge is -2.12. The second-order valence-corrected chi connectivity index (χ2v) is 7.10. The fourth-order valence-electron chi connectivity index (χ4n) is 2.58. The molecule has 1 unspecified atom stereocenters. The molecule has 0 fully saturated rings. The van der Waals surface area contributed by atoms with Gasteiger partial charge in [0.2, 0.25) is 5.95 Å². The first-order valence-electron chi connectivity index (χ1n) is 8.33. The number of benzene rings is 1. The van der Waals surface area contributed by atoms with Crippen LogP contribution in [0.25, 0.3) is 11.3 Å². The number of anilines is 1. The lowest BCUT2D eigenvalue weighted by molar-refractivity contribution is 0.0939. The number of carbonyl (C=O) groups is 1. The highest BCUT2D eigenvalue weighted by Gasteiger charge is 2.14. The summed E-state index contributed by atoms with van der Waals surface area (Å²) >= 11 is 1.58. The number of rotatable bonds is 5. The number of aromatic nitrogens is 3. The van der Waals surface area contributed by atoms with Gasteiger partial charge in [-0.15, -0.1) is 11.3 Å². The minimum absolute atomic E-state index is 0.135. The molecule has 2 N–H and O–H groups in total. The minimum Gasteiger partial charge on any atom is -0.357 e. The molecule has 3 rings (SSSR count). The maximum Gasteiger partial charge on any atom is 0.251 e. The van der Waals surface area contributed by atoms with Crippen LogP contribution >= 0.6 is 11.3 Å². The van der Waals surface area contributed by atoms with Gasteiger partial charge in [0.25, 0.3) is 5.91 Å². The largest absolute Gasteiger partial charge is 0.357 e. The van der Waals surface area contributed by atoms with Crippen LogP contribution in [0.4, 0.5) is 5.95 Å². The molecule has 134 valence electrons. The SMILES string of the molecule is CNc1nc(C)cc(-c2cccc(C(=O)NC(C)c3csc(C)n3)c2)n1.